The molecule has 6 heteroatoms. The summed E-state index contributed by atoms with van der Waals surface area (Å²) in [5, 5.41) is 0. The Kier molecular flexibility index (Phi) is 15.9. The van der Waals surface area contributed by atoms with Gasteiger partial charge in [-0.25, -0.2) is 0 Å². The van der Waals surface area contributed by atoms with E-state index in [1.54, 1.807) is 0 Å². The molecule has 0 spiro atoms. The number of unbranched alkanes of at least 4 members (excludes halogenated alkanes) is 16. The van der Waals surface area contributed by atoms with Gasteiger partial charge in [0.2, 0.25) is 0 Å². The van der Waals surface area contributed by atoms with E-state index in [-0.39, 0.29) is 36.5 Å². The summed E-state index contributed by atoms with van der Waals surface area (Å²) >= 11 is 0. The Balaban J connectivity index is 1.60. The number of Topliss-reactive ketones (excluding diaryl/α,β-unsaturated/α-hetero) is 2. The fourth-order valence-corrected chi connectivity index (χ4v) is 5.26. The first kappa shape index (κ1) is 32.0. The number of hydrogen-bond donors (Lipinski definition) is 0. The lowest BCUT2D eigenvalue weighted by molar-refractivity contribution is -0.129. The van der Waals surface area contributed by atoms with Crippen LogP contribution < -0.4 is 0 Å². The molecule has 2 rings (SSSR count). The third-order valence-corrected chi connectivity index (χ3v) is 7.65. The minimum Gasteiger partial charge on any atom is -0.307 e. The topological polar surface area (TPSA) is 74.8 Å². The van der Waals surface area contributed by atoms with E-state index >= 15 is 0 Å². The summed E-state index contributed by atoms with van der Waals surface area (Å²) in [6.45, 7) is 4.48. The summed E-state index contributed by atoms with van der Waals surface area (Å²) in [7, 11) is 0. The molecule has 214 valence electrons. The standard InChI is InChI=1S/C32H52N2O4/c1-3-5-7-9-11-13-15-17-19-21-27(35)23-33-25-29-30(31(33)37)26-34(32(29)38)24-28(36)22-20-18-16-14-12-10-8-6-4-2/h25-26H,3-24H2,1-2H3. The lowest BCUT2D eigenvalue weighted by atomic mass is 10.1. The summed E-state index contributed by atoms with van der Waals surface area (Å²) < 4.78 is 0. The number of fused-ring (bicyclic) bond motifs is 1. The van der Waals surface area contributed by atoms with Gasteiger partial charge in [-0.05, 0) is 12.8 Å². The molecule has 38 heavy (non-hydrogen) atoms. The maximum atomic E-state index is 12.8. The summed E-state index contributed by atoms with van der Waals surface area (Å²) in [6.07, 6.45) is 25.4. The largest absolute Gasteiger partial charge is 0.307 e. The smallest absolute Gasteiger partial charge is 0.260 e. The first-order valence-corrected chi connectivity index (χ1v) is 15.6. The van der Waals surface area contributed by atoms with Crippen molar-refractivity contribution < 1.29 is 19.2 Å². The second-order valence-corrected chi connectivity index (χ2v) is 11.2. The van der Waals surface area contributed by atoms with Crippen molar-refractivity contribution in [1.29, 1.82) is 0 Å². The van der Waals surface area contributed by atoms with Crippen LogP contribution in [0.4, 0.5) is 0 Å². The van der Waals surface area contributed by atoms with E-state index in [1.807, 2.05) is 0 Å². The second-order valence-electron chi connectivity index (χ2n) is 11.2. The van der Waals surface area contributed by atoms with Gasteiger partial charge < -0.3 is 9.80 Å². The Hall–Kier alpha value is -2.24. The van der Waals surface area contributed by atoms with E-state index in [4.69, 9.17) is 0 Å². The zero-order valence-electron chi connectivity index (χ0n) is 24.2. The zero-order chi connectivity index (χ0) is 27.6. The van der Waals surface area contributed by atoms with Crippen LogP contribution >= 0.6 is 0 Å². The van der Waals surface area contributed by atoms with Crippen LogP contribution in [0, 0.1) is 0 Å². The molecule has 0 unspecified atom stereocenters. The van der Waals surface area contributed by atoms with Crippen LogP contribution in [0.1, 0.15) is 142 Å². The highest BCUT2D eigenvalue weighted by atomic mass is 16.2. The highest BCUT2D eigenvalue weighted by Gasteiger charge is 2.39. The van der Waals surface area contributed by atoms with E-state index in [9.17, 15) is 19.2 Å². The van der Waals surface area contributed by atoms with Gasteiger partial charge in [0.1, 0.15) is 0 Å². The van der Waals surface area contributed by atoms with Gasteiger partial charge in [0.05, 0.1) is 24.2 Å². The molecule has 0 saturated heterocycles. The molecular weight excluding hydrogens is 476 g/mol. The molecule has 0 radical (unpaired) electrons. The number of ketones is 2. The maximum Gasteiger partial charge on any atom is 0.260 e. The number of rotatable bonds is 24. The van der Waals surface area contributed by atoms with Gasteiger partial charge in [-0.15, -0.1) is 0 Å². The van der Waals surface area contributed by atoms with Crippen molar-refractivity contribution in [1.82, 2.24) is 9.80 Å². The quantitative estimate of drug-likeness (QED) is 0.122. The Morgan fingerprint density at radius 2 is 0.789 bits per heavy atom. The number of amides is 2. The Bertz CT molecular complexity index is 761. The van der Waals surface area contributed by atoms with Gasteiger partial charge in [-0.1, -0.05) is 117 Å². The maximum absolute atomic E-state index is 12.8. The van der Waals surface area contributed by atoms with E-state index < -0.39 is 0 Å². The normalized spacial score (nSPS) is 14.8. The SMILES string of the molecule is CCCCCCCCCCCC(=O)CN1C=C2C(=O)N(CC(=O)CCCCCCCCCCC)C=C2C1=O. The third-order valence-electron chi connectivity index (χ3n) is 7.65. The molecule has 0 aromatic carbocycles. The molecule has 2 amide bonds. The summed E-state index contributed by atoms with van der Waals surface area (Å²) in [4.78, 5) is 53.1. The predicted molar refractivity (Wildman–Crippen MR) is 153 cm³/mol. The van der Waals surface area contributed by atoms with E-state index in [2.05, 4.69) is 13.8 Å². The molecule has 0 atom stereocenters. The first-order chi connectivity index (χ1) is 18.5. The molecule has 2 heterocycles. The molecule has 0 N–H and O–H groups in total. The number of carbonyl (C=O) groups is 4. The summed E-state index contributed by atoms with van der Waals surface area (Å²) in [5.41, 5.74) is 0.614. The molecule has 0 aromatic heterocycles. The van der Waals surface area contributed by atoms with Crippen LogP contribution in [0.2, 0.25) is 0 Å². The Labute approximate surface area is 231 Å². The fourth-order valence-electron chi connectivity index (χ4n) is 5.26. The number of carbonyl (C=O) groups excluding carboxylic acids is 4. The van der Waals surface area contributed by atoms with Gasteiger partial charge in [-0.2, -0.15) is 0 Å². The van der Waals surface area contributed by atoms with Crippen molar-refractivity contribution in [3.8, 4) is 0 Å². The van der Waals surface area contributed by atoms with Crippen LogP contribution in [-0.2, 0) is 19.2 Å². The first-order valence-electron chi connectivity index (χ1n) is 15.6. The van der Waals surface area contributed by atoms with Gasteiger partial charge in [0.25, 0.3) is 11.8 Å². The van der Waals surface area contributed by atoms with Crippen LogP contribution in [0.15, 0.2) is 23.5 Å². The predicted octanol–water partition coefficient (Wildman–Crippen LogP) is 7.42. The van der Waals surface area contributed by atoms with Crippen LogP contribution in [0.5, 0.6) is 0 Å². The monoisotopic (exact) mass is 528 g/mol. The number of hydrogen-bond acceptors (Lipinski definition) is 4. The molecule has 0 aromatic rings. The van der Waals surface area contributed by atoms with Gasteiger partial charge in [0, 0.05) is 25.2 Å². The molecule has 0 saturated carbocycles. The average molecular weight is 529 g/mol. The fraction of sp³-hybridized carbons (Fsp3) is 0.750. The van der Waals surface area contributed by atoms with E-state index in [0.717, 1.165) is 38.5 Å². The lowest BCUT2D eigenvalue weighted by Crippen LogP contribution is -2.30. The molecular formula is C32H52N2O4. The molecule has 2 aliphatic heterocycles. The third kappa shape index (κ3) is 11.7. The molecule has 0 bridgehead atoms. The van der Waals surface area contributed by atoms with E-state index in [0.29, 0.717) is 24.0 Å². The minimum atomic E-state index is -0.317. The van der Waals surface area contributed by atoms with Gasteiger partial charge >= 0.3 is 0 Å². The second kappa shape index (κ2) is 18.9. The Morgan fingerprint density at radius 1 is 0.500 bits per heavy atom. The van der Waals surface area contributed by atoms with E-state index in [1.165, 1.54) is 99.2 Å². The molecule has 0 aliphatic carbocycles. The Morgan fingerprint density at radius 3 is 1.11 bits per heavy atom. The molecule has 0 fully saturated rings. The number of nitrogens with zero attached hydrogens (tertiary/aromatic N) is 2. The van der Waals surface area contributed by atoms with Crippen molar-refractivity contribution in [3.05, 3.63) is 23.5 Å². The highest BCUT2D eigenvalue weighted by molar-refractivity contribution is 6.18. The van der Waals surface area contributed by atoms with Crippen LogP contribution in [0.3, 0.4) is 0 Å². The van der Waals surface area contributed by atoms with Crippen LogP contribution in [0.25, 0.3) is 0 Å². The van der Waals surface area contributed by atoms with Gasteiger partial charge in [-0.3, -0.25) is 19.2 Å². The minimum absolute atomic E-state index is 0.0154. The van der Waals surface area contributed by atoms with Crippen molar-refractivity contribution in [2.24, 2.45) is 0 Å². The van der Waals surface area contributed by atoms with Crippen molar-refractivity contribution >= 4 is 23.4 Å². The highest BCUT2D eigenvalue weighted by Crippen LogP contribution is 2.30. The van der Waals surface area contributed by atoms with Crippen molar-refractivity contribution in [2.75, 3.05) is 13.1 Å². The van der Waals surface area contributed by atoms with Crippen molar-refractivity contribution in [2.45, 2.75) is 142 Å². The average Bonchev–Trinajstić information content (AvgIpc) is 3.36. The summed E-state index contributed by atoms with van der Waals surface area (Å²) in [6, 6.07) is 0. The molecule has 6 nitrogen and oxygen atoms in total. The van der Waals surface area contributed by atoms with Gasteiger partial charge in [0.15, 0.2) is 11.6 Å². The molecule has 2 aliphatic rings. The van der Waals surface area contributed by atoms with Crippen LogP contribution in [-0.4, -0.2) is 46.3 Å². The zero-order valence-corrected chi connectivity index (χ0v) is 24.2. The van der Waals surface area contributed by atoms with Crippen molar-refractivity contribution in [3.63, 3.8) is 0 Å². The lowest BCUT2D eigenvalue weighted by Gasteiger charge is -2.15. The summed E-state index contributed by atoms with van der Waals surface area (Å²) in [5.74, 6) is -0.580.